The molecular weight excluding hydrogens is 260 g/mol. The summed E-state index contributed by atoms with van der Waals surface area (Å²) in [6, 6.07) is 1.94. The van der Waals surface area contributed by atoms with E-state index in [0.29, 0.717) is 25.6 Å². The van der Waals surface area contributed by atoms with E-state index in [1.165, 1.54) is 0 Å². The van der Waals surface area contributed by atoms with Crippen molar-refractivity contribution in [1.29, 1.82) is 0 Å². The van der Waals surface area contributed by atoms with E-state index in [2.05, 4.69) is 15.3 Å². The predicted molar refractivity (Wildman–Crippen MR) is 76.1 cm³/mol. The van der Waals surface area contributed by atoms with E-state index in [-0.39, 0.29) is 19.1 Å². The number of hydrogen-bond acceptors (Lipinski definition) is 7. The van der Waals surface area contributed by atoms with Crippen molar-refractivity contribution >= 4 is 11.8 Å². The van der Waals surface area contributed by atoms with Gasteiger partial charge in [-0.05, 0) is 6.42 Å². The lowest BCUT2D eigenvalue weighted by Gasteiger charge is -2.19. The molecular formula is C13H22N4O3. The first-order valence-electron chi connectivity index (χ1n) is 6.88. The Balaban J connectivity index is 2.22. The van der Waals surface area contributed by atoms with Crippen LogP contribution in [0.3, 0.4) is 0 Å². The zero-order valence-corrected chi connectivity index (χ0v) is 11.7. The van der Waals surface area contributed by atoms with E-state index in [1.807, 2.05) is 18.0 Å². The third-order valence-corrected chi connectivity index (χ3v) is 3.30. The van der Waals surface area contributed by atoms with Crippen LogP contribution in [0, 0.1) is 0 Å². The fourth-order valence-electron chi connectivity index (χ4n) is 2.14. The number of nitrogens with one attached hydrogen (secondary N) is 1. The summed E-state index contributed by atoms with van der Waals surface area (Å²) in [6.45, 7) is 2.46. The SMILES string of the molecule is CN(CCO)c1cc(C2CCOC2)nc(NCCO)n1. The van der Waals surface area contributed by atoms with Gasteiger partial charge in [-0.2, -0.15) is 4.98 Å². The number of aliphatic hydroxyl groups excluding tert-OH is 2. The molecule has 1 unspecified atom stereocenters. The van der Waals surface area contributed by atoms with Crippen LogP contribution in [0.2, 0.25) is 0 Å². The van der Waals surface area contributed by atoms with Crippen LogP contribution in [0.4, 0.5) is 11.8 Å². The van der Waals surface area contributed by atoms with Crippen molar-refractivity contribution in [3.8, 4) is 0 Å². The van der Waals surface area contributed by atoms with E-state index in [1.54, 1.807) is 0 Å². The third kappa shape index (κ3) is 3.78. The van der Waals surface area contributed by atoms with E-state index in [9.17, 15) is 0 Å². The molecule has 1 saturated heterocycles. The summed E-state index contributed by atoms with van der Waals surface area (Å²) in [5.41, 5.74) is 0.942. The van der Waals surface area contributed by atoms with E-state index < -0.39 is 0 Å². The second kappa shape index (κ2) is 7.37. The molecule has 0 amide bonds. The molecule has 1 aliphatic rings. The minimum absolute atomic E-state index is 0.0297. The zero-order valence-electron chi connectivity index (χ0n) is 11.7. The van der Waals surface area contributed by atoms with Crippen LogP contribution in [-0.4, -0.2) is 66.7 Å². The Morgan fingerprint density at radius 1 is 1.40 bits per heavy atom. The van der Waals surface area contributed by atoms with Crippen molar-refractivity contribution in [2.75, 3.05) is 56.8 Å². The van der Waals surface area contributed by atoms with Crippen molar-refractivity contribution in [3.63, 3.8) is 0 Å². The first-order valence-corrected chi connectivity index (χ1v) is 6.88. The standard InChI is InChI=1S/C13H22N4O3/c1-17(4-6-19)12-8-11(10-2-7-20-9-10)15-13(16-12)14-3-5-18/h8,10,18-19H,2-7,9H2,1H3,(H,14,15,16). The molecule has 0 radical (unpaired) electrons. The molecule has 1 fully saturated rings. The molecule has 3 N–H and O–H groups in total. The van der Waals surface area contributed by atoms with Crippen LogP contribution >= 0.6 is 0 Å². The summed E-state index contributed by atoms with van der Waals surface area (Å²) in [5.74, 6) is 1.55. The quantitative estimate of drug-likeness (QED) is 0.638. The molecule has 0 aliphatic carbocycles. The molecule has 1 aliphatic heterocycles. The molecule has 0 aromatic carbocycles. The molecule has 0 bridgehead atoms. The molecule has 1 aromatic heterocycles. The summed E-state index contributed by atoms with van der Waals surface area (Å²) >= 11 is 0. The van der Waals surface area contributed by atoms with Crippen LogP contribution in [0.15, 0.2) is 6.07 Å². The molecule has 112 valence electrons. The lowest BCUT2D eigenvalue weighted by atomic mass is 10.0. The number of ether oxygens (including phenoxy) is 1. The number of anilines is 2. The monoisotopic (exact) mass is 282 g/mol. The van der Waals surface area contributed by atoms with Crippen molar-refractivity contribution in [2.45, 2.75) is 12.3 Å². The maximum absolute atomic E-state index is 9.04. The molecule has 1 aromatic rings. The van der Waals surface area contributed by atoms with E-state index in [0.717, 1.165) is 24.5 Å². The van der Waals surface area contributed by atoms with Crippen LogP contribution in [0.1, 0.15) is 18.0 Å². The maximum atomic E-state index is 9.04. The number of nitrogens with zero attached hydrogens (tertiary/aromatic N) is 3. The molecule has 2 rings (SSSR count). The Morgan fingerprint density at radius 2 is 2.25 bits per heavy atom. The topological polar surface area (TPSA) is 90.7 Å². The molecule has 20 heavy (non-hydrogen) atoms. The van der Waals surface area contributed by atoms with Crippen LogP contribution in [-0.2, 0) is 4.74 Å². The summed E-state index contributed by atoms with van der Waals surface area (Å²) in [4.78, 5) is 10.8. The highest BCUT2D eigenvalue weighted by Crippen LogP contribution is 2.26. The van der Waals surface area contributed by atoms with Crippen LogP contribution < -0.4 is 10.2 Å². The van der Waals surface area contributed by atoms with Gasteiger partial charge >= 0.3 is 0 Å². The van der Waals surface area contributed by atoms with Crippen LogP contribution in [0.25, 0.3) is 0 Å². The molecule has 2 heterocycles. The van der Waals surface area contributed by atoms with Gasteiger partial charge in [0, 0.05) is 38.7 Å². The van der Waals surface area contributed by atoms with Gasteiger partial charge in [0.15, 0.2) is 0 Å². The normalized spacial score (nSPS) is 18.2. The van der Waals surface area contributed by atoms with Gasteiger partial charge in [0.25, 0.3) is 0 Å². The highest BCUT2D eigenvalue weighted by atomic mass is 16.5. The second-order valence-electron chi connectivity index (χ2n) is 4.83. The van der Waals surface area contributed by atoms with Crippen molar-refractivity contribution < 1.29 is 14.9 Å². The Hall–Kier alpha value is -1.44. The Kier molecular flexibility index (Phi) is 5.51. The Morgan fingerprint density at radius 3 is 2.90 bits per heavy atom. The second-order valence-corrected chi connectivity index (χ2v) is 4.83. The molecule has 7 nitrogen and oxygen atoms in total. The number of likely N-dealkylation sites (N-methyl/N-ethyl adjacent to an activating group) is 1. The number of aliphatic hydroxyl groups is 2. The van der Waals surface area contributed by atoms with Crippen molar-refractivity contribution in [3.05, 3.63) is 11.8 Å². The van der Waals surface area contributed by atoms with Gasteiger partial charge in [-0.25, -0.2) is 4.98 Å². The van der Waals surface area contributed by atoms with Gasteiger partial charge in [0.1, 0.15) is 5.82 Å². The van der Waals surface area contributed by atoms with Gasteiger partial charge in [-0.1, -0.05) is 0 Å². The number of hydrogen-bond donors (Lipinski definition) is 3. The van der Waals surface area contributed by atoms with Crippen LogP contribution in [0.5, 0.6) is 0 Å². The summed E-state index contributed by atoms with van der Waals surface area (Å²) in [5, 5.41) is 20.9. The first-order chi connectivity index (χ1) is 9.74. The van der Waals surface area contributed by atoms with Gasteiger partial charge in [0.05, 0.1) is 25.5 Å². The summed E-state index contributed by atoms with van der Waals surface area (Å²) in [6.07, 6.45) is 0.958. The van der Waals surface area contributed by atoms with E-state index in [4.69, 9.17) is 14.9 Å². The number of aromatic nitrogens is 2. The lowest BCUT2D eigenvalue weighted by Crippen LogP contribution is -2.23. The molecule has 7 heteroatoms. The first kappa shape index (κ1) is 15.0. The minimum atomic E-state index is 0.0297. The van der Waals surface area contributed by atoms with Gasteiger partial charge in [-0.3, -0.25) is 0 Å². The van der Waals surface area contributed by atoms with Crippen molar-refractivity contribution in [1.82, 2.24) is 9.97 Å². The Labute approximate surface area is 118 Å². The zero-order chi connectivity index (χ0) is 14.4. The molecule has 1 atom stereocenters. The smallest absolute Gasteiger partial charge is 0.224 e. The average molecular weight is 282 g/mol. The van der Waals surface area contributed by atoms with Gasteiger partial charge in [-0.15, -0.1) is 0 Å². The Bertz CT molecular complexity index is 424. The lowest BCUT2D eigenvalue weighted by molar-refractivity contribution is 0.193. The van der Waals surface area contributed by atoms with Gasteiger partial charge < -0.3 is 25.2 Å². The summed E-state index contributed by atoms with van der Waals surface area (Å²) in [7, 11) is 1.88. The third-order valence-electron chi connectivity index (χ3n) is 3.30. The summed E-state index contributed by atoms with van der Waals surface area (Å²) < 4.78 is 5.41. The largest absolute Gasteiger partial charge is 0.395 e. The maximum Gasteiger partial charge on any atom is 0.224 e. The fraction of sp³-hybridized carbons (Fsp3) is 0.692. The predicted octanol–water partition coefficient (Wildman–Crippen LogP) is -0.187. The fourth-order valence-corrected chi connectivity index (χ4v) is 2.14. The van der Waals surface area contributed by atoms with E-state index >= 15 is 0 Å². The molecule has 0 spiro atoms. The van der Waals surface area contributed by atoms with Gasteiger partial charge in [0.2, 0.25) is 5.95 Å². The van der Waals surface area contributed by atoms with Crippen molar-refractivity contribution in [2.24, 2.45) is 0 Å². The average Bonchev–Trinajstić information content (AvgIpc) is 2.99. The number of rotatable bonds is 7. The molecule has 0 saturated carbocycles. The highest BCUT2D eigenvalue weighted by Gasteiger charge is 2.21. The highest BCUT2D eigenvalue weighted by molar-refractivity contribution is 5.45. The minimum Gasteiger partial charge on any atom is -0.395 e.